The molecule has 1 aliphatic rings. The number of nitrogens with one attached hydrogen (secondary N) is 1. The summed E-state index contributed by atoms with van der Waals surface area (Å²) in [6, 6.07) is 0.561. The van der Waals surface area contributed by atoms with Gasteiger partial charge in [0.15, 0.2) is 5.82 Å². The van der Waals surface area contributed by atoms with Gasteiger partial charge in [-0.25, -0.2) is 0 Å². The second-order valence-corrected chi connectivity index (χ2v) is 3.81. The lowest BCUT2D eigenvalue weighted by atomic mass is 10.1. The van der Waals surface area contributed by atoms with Crippen LogP contribution in [0.4, 0.5) is 0 Å². The van der Waals surface area contributed by atoms with Crippen LogP contribution in [-0.4, -0.2) is 16.2 Å². The summed E-state index contributed by atoms with van der Waals surface area (Å²) < 4.78 is 4.64. The average Bonchev–Trinajstić information content (AvgIpc) is 2.78. The van der Waals surface area contributed by atoms with E-state index in [4.69, 9.17) is 0 Å². The van der Waals surface area contributed by atoms with Crippen molar-refractivity contribution in [3.8, 4) is 0 Å². The van der Waals surface area contributed by atoms with Gasteiger partial charge in [-0.3, -0.25) is 0 Å². The van der Waals surface area contributed by atoms with E-state index < -0.39 is 0 Å². The fraction of sp³-hybridized carbons (Fsp3) is 0.778. The van der Waals surface area contributed by atoms with Crippen LogP contribution in [0.3, 0.4) is 0 Å². The molecule has 4 nitrogen and oxygen atoms in total. The maximum atomic E-state index is 4.64. The highest BCUT2D eigenvalue weighted by Gasteiger charge is 2.23. The lowest BCUT2D eigenvalue weighted by molar-refractivity contribution is 0.402. The van der Waals surface area contributed by atoms with Crippen molar-refractivity contribution < 1.29 is 4.52 Å². The normalized spacial score (nSPS) is 18.8. The summed E-state index contributed by atoms with van der Waals surface area (Å²) in [4.78, 5) is 3.94. The second-order valence-electron chi connectivity index (χ2n) is 3.81. The first-order chi connectivity index (χ1) is 6.34. The van der Waals surface area contributed by atoms with Crippen LogP contribution in [-0.2, 0) is 6.54 Å². The highest BCUT2D eigenvalue weighted by Crippen LogP contribution is 2.33. The summed E-state index contributed by atoms with van der Waals surface area (Å²) in [5.74, 6) is 1.70. The molecule has 1 aromatic heterocycles. The molecule has 0 spiro atoms. The van der Waals surface area contributed by atoms with E-state index in [0.29, 0.717) is 12.6 Å². The highest BCUT2D eigenvalue weighted by atomic mass is 16.5. The predicted molar refractivity (Wildman–Crippen MR) is 47.9 cm³/mol. The van der Waals surface area contributed by atoms with E-state index in [1.165, 1.54) is 25.7 Å². The van der Waals surface area contributed by atoms with Crippen LogP contribution >= 0.6 is 0 Å². The highest BCUT2D eigenvalue weighted by molar-refractivity contribution is 4.81. The van der Waals surface area contributed by atoms with Crippen molar-refractivity contribution in [2.75, 3.05) is 0 Å². The predicted octanol–water partition coefficient (Wildman–Crippen LogP) is 1.35. The van der Waals surface area contributed by atoms with Gasteiger partial charge in [0.05, 0.1) is 6.54 Å². The molecule has 1 fully saturated rings. The van der Waals surface area contributed by atoms with Gasteiger partial charge in [-0.1, -0.05) is 18.0 Å². The molecule has 0 saturated heterocycles. The van der Waals surface area contributed by atoms with Crippen molar-refractivity contribution in [2.24, 2.45) is 5.92 Å². The van der Waals surface area contributed by atoms with E-state index in [-0.39, 0.29) is 0 Å². The van der Waals surface area contributed by atoms with Gasteiger partial charge in [-0.05, 0) is 19.3 Å². The fourth-order valence-corrected chi connectivity index (χ4v) is 1.47. The summed E-state index contributed by atoms with van der Waals surface area (Å²) in [5.41, 5.74) is 0. The summed E-state index contributed by atoms with van der Waals surface area (Å²) in [5, 5.41) is 7.11. The van der Waals surface area contributed by atoms with Crippen molar-refractivity contribution in [2.45, 2.75) is 38.8 Å². The molecule has 1 N–H and O–H groups in total. The molecule has 4 heteroatoms. The van der Waals surface area contributed by atoms with Crippen LogP contribution in [0, 0.1) is 5.92 Å². The molecule has 1 unspecified atom stereocenters. The van der Waals surface area contributed by atoms with Crippen LogP contribution in [0.2, 0.25) is 0 Å². The van der Waals surface area contributed by atoms with Crippen molar-refractivity contribution in [1.82, 2.24) is 15.5 Å². The molecule has 1 saturated carbocycles. The van der Waals surface area contributed by atoms with Gasteiger partial charge in [0.1, 0.15) is 0 Å². The Bertz CT molecular complexity index is 243. The van der Waals surface area contributed by atoms with Crippen LogP contribution in [0.25, 0.3) is 0 Å². The van der Waals surface area contributed by atoms with Crippen molar-refractivity contribution in [3.05, 3.63) is 12.2 Å². The Hall–Kier alpha value is -0.900. The van der Waals surface area contributed by atoms with E-state index >= 15 is 0 Å². The van der Waals surface area contributed by atoms with Gasteiger partial charge in [0.25, 0.3) is 0 Å². The number of aromatic nitrogens is 2. The third-order valence-electron chi connectivity index (χ3n) is 2.40. The molecule has 1 aliphatic carbocycles. The van der Waals surface area contributed by atoms with Gasteiger partial charge < -0.3 is 9.84 Å². The first-order valence-corrected chi connectivity index (χ1v) is 4.83. The molecule has 0 aliphatic heterocycles. The van der Waals surface area contributed by atoms with Crippen molar-refractivity contribution in [1.29, 1.82) is 0 Å². The zero-order chi connectivity index (χ0) is 9.10. The molecule has 1 aromatic rings. The summed E-state index contributed by atoms with van der Waals surface area (Å²) in [6.45, 7) is 2.92. The van der Waals surface area contributed by atoms with Crippen LogP contribution in [0.15, 0.2) is 10.9 Å². The lowest BCUT2D eigenvalue weighted by Crippen LogP contribution is -2.26. The van der Waals surface area contributed by atoms with E-state index in [1.807, 2.05) is 0 Å². The first-order valence-electron chi connectivity index (χ1n) is 4.83. The molecule has 1 heterocycles. The van der Waals surface area contributed by atoms with Crippen molar-refractivity contribution in [3.63, 3.8) is 0 Å². The SMILES string of the molecule is CC(CC1CC1)NCc1ncon1. The van der Waals surface area contributed by atoms with E-state index in [2.05, 4.69) is 26.9 Å². The number of hydrogen-bond donors (Lipinski definition) is 1. The van der Waals surface area contributed by atoms with Gasteiger partial charge in [0, 0.05) is 6.04 Å². The Morgan fingerprint density at radius 3 is 3.15 bits per heavy atom. The molecule has 2 rings (SSSR count). The number of nitrogens with zero attached hydrogens (tertiary/aromatic N) is 2. The zero-order valence-corrected chi connectivity index (χ0v) is 7.86. The van der Waals surface area contributed by atoms with Gasteiger partial charge in [-0.15, -0.1) is 0 Å². The smallest absolute Gasteiger partial charge is 0.213 e. The largest absolute Gasteiger partial charge is 0.343 e. The minimum Gasteiger partial charge on any atom is -0.343 e. The maximum absolute atomic E-state index is 4.64. The molecule has 0 bridgehead atoms. The van der Waals surface area contributed by atoms with Gasteiger partial charge in [0.2, 0.25) is 6.39 Å². The zero-order valence-electron chi connectivity index (χ0n) is 7.86. The second kappa shape index (κ2) is 3.87. The standard InChI is InChI=1S/C9H15N3O/c1-7(4-8-2-3-8)10-5-9-11-6-13-12-9/h6-8,10H,2-5H2,1H3. The Morgan fingerprint density at radius 2 is 2.54 bits per heavy atom. The molecule has 13 heavy (non-hydrogen) atoms. The minimum absolute atomic E-state index is 0.561. The van der Waals surface area contributed by atoms with Crippen molar-refractivity contribution >= 4 is 0 Å². The average molecular weight is 181 g/mol. The summed E-state index contributed by atoms with van der Waals surface area (Å²) in [7, 11) is 0. The third kappa shape index (κ3) is 2.81. The summed E-state index contributed by atoms with van der Waals surface area (Å²) in [6.07, 6.45) is 5.46. The fourth-order valence-electron chi connectivity index (χ4n) is 1.47. The van der Waals surface area contributed by atoms with E-state index in [9.17, 15) is 0 Å². The molecule has 1 atom stereocenters. The molecule has 72 valence electrons. The Kier molecular flexibility index (Phi) is 2.59. The van der Waals surface area contributed by atoms with Gasteiger partial charge >= 0.3 is 0 Å². The molecular weight excluding hydrogens is 166 g/mol. The monoisotopic (exact) mass is 181 g/mol. The molecule has 0 amide bonds. The topological polar surface area (TPSA) is 51.0 Å². The van der Waals surface area contributed by atoms with Crippen LogP contribution in [0.1, 0.15) is 32.0 Å². The molecule has 0 aromatic carbocycles. The third-order valence-corrected chi connectivity index (χ3v) is 2.40. The Labute approximate surface area is 77.7 Å². The summed E-state index contributed by atoms with van der Waals surface area (Å²) >= 11 is 0. The number of rotatable bonds is 5. The van der Waals surface area contributed by atoms with Crippen LogP contribution in [0.5, 0.6) is 0 Å². The van der Waals surface area contributed by atoms with Gasteiger partial charge in [-0.2, -0.15) is 4.98 Å². The van der Waals surface area contributed by atoms with E-state index in [1.54, 1.807) is 0 Å². The minimum atomic E-state index is 0.561. The first kappa shape index (κ1) is 8.69. The molecule has 0 radical (unpaired) electrons. The maximum Gasteiger partial charge on any atom is 0.213 e. The van der Waals surface area contributed by atoms with E-state index in [0.717, 1.165) is 11.7 Å². The Morgan fingerprint density at radius 1 is 1.69 bits per heavy atom. The number of hydrogen-bond acceptors (Lipinski definition) is 4. The Balaban J connectivity index is 1.66. The quantitative estimate of drug-likeness (QED) is 0.745. The lowest BCUT2D eigenvalue weighted by Gasteiger charge is -2.10. The van der Waals surface area contributed by atoms with Crippen LogP contribution < -0.4 is 5.32 Å². The molecular formula is C9H15N3O.